The second-order valence-electron chi connectivity index (χ2n) is 19.1. The molecule has 0 aromatic carbocycles. The van der Waals surface area contributed by atoms with Gasteiger partial charge < -0.3 is 10.2 Å². The maximum Gasteiger partial charge on any atom is 0.136 e. The number of carbonyl (C=O) groups excluding carboxylic acids is 2. The van der Waals surface area contributed by atoms with Crippen LogP contribution in [0.1, 0.15) is 144 Å². The van der Waals surface area contributed by atoms with Gasteiger partial charge in [0.1, 0.15) is 11.6 Å². The number of Topliss-reactive ketones (excluding diaryl/α,β-unsaturated/α-hetero) is 2. The number of hydrogen-bond acceptors (Lipinski definition) is 4. The fraction of sp³-hybridized carbons (Fsp3) is 0.950. The summed E-state index contributed by atoms with van der Waals surface area (Å²) >= 11 is 0. The van der Waals surface area contributed by atoms with Crippen molar-refractivity contribution in [2.45, 2.75) is 156 Å². The van der Waals surface area contributed by atoms with Crippen LogP contribution in [-0.4, -0.2) is 34.0 Å². The Balaban J connectivity index is 0.000000142. The van der Waals surface area contributed by atoms with E-state index >= 15 is 0 Å². The van der Waals surface area contributed by atoms with Crippen LogP contribution in [0.4, 0.5) is 0 Å². The Kier molecular flexibility index (Phi) is 7.88. The molecule has 4 nitrogen and oxygen atoms in total. The number of carbonyl (C=O) groups is 2. The molecule has 8 aliphatic carbocycles. The third kappa shape index (κ3) is 4.55. The molecule has 8 fully saturated rings. The molecule has 0 amide bonds. The molecule has 44 heavy (non-hydrogen) atoms. The third-order valence-electron chi connectivity index (χ3n) is 17.5. The molecule has 0 unspecified atom stereocenters. The first-order chi connectivity index (χ1) is 20.7. The van der Waals surface area contributed by atoms with Crippen molar-refractivity contribution in [1.82, 2.24) is 0 Å². The topological polar surface area (TPSA) is 74.6 Å². The molecular formula is C40H64O4. The largest absolute Gasteiger partial charge is 0.393 e. The van der Waals surface area contributed by atoms with E-state index in [2.05, 4.69) is 41.5 Å². The van der Waals surface area contributed by atoms with Crippen LogP contribution >= 0.6 is 0 Å². The first kappa shape index (κ1) is 31.8. The van der Waals surface area contributed by atoms with E-state index in [1.807, 2.05) is 0 Å². The summed E-state index contributed by atoms with van der Waals surface area (Å²) in [4.78, 5) is 24.4. The van der Waals surface area contributed by atoms with E-state index in [4.69, 9.17) is 0 Å². The van der Waals surface area contributed by atoms with Gasteiger partial charge in [0.15, 0.2) is 0 Å². The number of aliphatic hydroxyl groups excluding tert-OH is 2. The molecule has 16 atom stereocenters. The number of rotatable bonds is 0. The first-order valence-corrected chi connectivity index (χ1v) is 19.1. The van der Waals surface area contributed by atoms with Crippen LogP contribution in [0, 0.1) is 80.8 Å². The number of ketones is 2. The highest BCUT2D eigenvalue weighted by Crippen LogP contribution is 2.68. The van der Waals surface area contributed by atoms with Gasteiger partial charge >= 0.3 is 0 Å². The number of aliphatic hydroxyl groups is 2. The standard InChI is InChI=1S/2C20H32O2/c2*1-12-11-20(3)13(10-17(12)21)4-5-14-15-6-7-18(22)19(15,2)9-8-16(14)20/h2*12-16,18,22H,4-11H2,1-3H3/t2*12-,13+,14+,15+,16+,18+,19+,20+/m11/s1. The lowest BCUT2D eigenvalue weighted by Crippen LogP contribution is -2.55. The molecule has 0 heterocycles. The summed E-state index contributed by atoms with van der Waals surface area (Å²) in [5.74, 6) is 7.48. The van der Waals surface area contributed by atoms with Gasteiger partial charge in [-0.15, -0.1) is 0 Å². The average Bonchev–Trinajstić information content (AvgIpc) is 3.45. The predicted octanol–water partition coefficient (Wildman–Crippen LogP) is 8.41. The Morgan fingerprint density at radius 2 is 0.864 bits per heavy atom. The van der Waals surface area contributed by atoms with Crippen LogP contribution in [0.3, 0.4) is 0 Å². The lowest BCUT2D eigenvalue weighted by Gasteiger charge is -2.60. The monoisotopic (exact) mass is 608 g/mol. The highest BCUT2D eigenvalue weighted by Gasteiger charge is 2.62. The predicted molar refractivity (Wildman–Crippen MR) is 175 cm³/mol. The second-order valence-corrected chi connectivity index (χ2v) is 19.1. The summed E-state index contributed by atoms with van der Waals surface area (Å²) in [6, 6.07) is 0. The van der Waals surface area contributed by atoms with Gasteiger partial charge in [-0.3, -0.25) is 9.59 Å². The first-order valence-electron chi connectivity index (χ1n) is 19.1. The minimum absolute atomic E-state index is 0.0733. The number of hydrogen-bond donors (Lipinski definition) is 2. The van der Waals surface area contributed by atoms with Crippen LogP contribution in [0.25, 0.3) is 0 Å². The normalized spacial score (nSPS) is 57.9. The van der Waals surface area contributed by atoms with Crippen molar-refractivity contribution >= 4 is 11.6 Å². The molecule has 8 saturated carbocycles. The van der Waals surface area contributed by atoms with Crippen molar-refractivity contribution in [2.75, 3.05) is 0 Å². The van der Waals surface area contributed by atoms with Gasteiger partial charge in [0.25, 0.3) is 0 Å². The highest BCUT2D eigenvalue weighted by atomic mass is 16.3. The van der Waals surface area contributed by atoms with Gasteiger partial charge in [-0.2, -0.15) is 0 Å². The number of fused-ring (bicyclic) bond motifs is 10. The SMILES string of the molecule is C[C@@H]1C[C@@]2(C)[C@@H](CC[C@@H]3[C@@H]2CC[C@]2(C)[C@@H](O)CC[C@@H]32)CC1=O.C[C@@H]1C[C@@]2(C)[C@@H](CC[C@@H]3[C@@H]2CC[C@]2(C)[C@@H](O)CC[C@@H]32)CC1=O. The molecule has 0 saturated heterocycles. The van der Waals surface area contributed by atoms with E-state index in [9.17, 15) is 19.8 Å². The fourth-order valence-electron chi connectivity index (χ4n) is 14.8. The Morgan fingerprint density at radius 3 is 1.25 bits per heavy atom. The molecule has 0 spiro atoms. The molecule has 4 heteroatoms. The zero-order valence-corrected chi connectivity index (χ0v) is 29.0. The third-order valence-corrected chi connectivity index (χ3v) is 17.5. The van der Waals surface area contributed by atoms with Gasteiger partial charge in [-0.25, -0.2) is 0 Å². The maximum absolute atomic E-state index is 12.2. The zero-order valence-electron chi connectivity index (χ0n) is 29.0. The zero-order chi connectivity index (χ0) is 31.4. The van der Waals surface area contributed by atoms with Crippen LogP contribution in [-0.2, 0) is 9.59 Å². The summed E-state index contributed by atoms with van der Waals surface area (Å²) in [7, 11) is 0. The fourth-order valence-corrected chi connectivity index (χ4v) is 14.8. The van der Waals surface area contributed by atoms with E-state index in [1.165, 1.54) is 64.2 Å². The molecule has 0 aromatic heterocycles. The van der Waals surface area contributed by atoms with E-state index < -0.39 is 0 Å². The lowest BCUT2D eigenvalue weighted by atomic mass is 9.44. The summed E-state index contributed by atoms with van der Waals surface area (Å²) < 4.78 is 0. The van der Waals surface area contributed by atoms with Crippen molar-refractivity contribution < 1.29 is 19.8 Å². The van der Waals surface area contributed by atoms with Crippen molar-refractivity contribution in [3.8, 4) is 0 Å². The quantitative estimate of drug-likeness (QED) is 0.290. The van der Waals surface area contributed by atoms with E-state index in [0.29, 0.717) is 34.2 Å². The van der Waals surface area contributed by atoms with Crippen molar-refractivity contribution in [1.29, 1.82) is 0 Å². The molecule has 2 N–H and O–H groups in total. The van der Waals surface area contributed by atoms with E-state index in [-0.39, 0.29) is 34.9 Å². The van der Waals surface area contributed by atoms with E-state index in [1.54, 1.807) is 0 Å². The van der Waals surface area contributed by atoms with Gasteiger partial charge in [0, 0.05) is 24.7 Å². The van der Waals surface area contributed by atoms with Crippen LogP contribution in [0.5, 0.6) is 0 Å². The Morgan fingerprint density at radius 1 is 0.500 bits per heavy atom. The van der Waals surface area contributed by atoms with Crippen LogP contribution < -0.4 is 0 Å². The molecule has 0 radical (unpaired) electrons. The molecule has 8 rings (SSSR count). The van der Waals surface area contributed by atoms with Crippen molar-refractivity contribution in [3.63, 3.8) is 0 Å². The van der Waals surface area contributed by atoms with Gasteiger partial charge in [-0.05, 0) is 159 Å². The van der Waals surface area contributed by atoms with E-state index in [0.717, 1.165) is 74.0 Å². The summed E-state index contributed by atoms with van der Waals surface area (Å²) in [5, 5.41) is 21.0. The summed E-state index contributed by atoms with van der Waals surface area (Å²) in [6.45, 7) is 14.0. The second kappa shape index (κ2) is 10.9. The minimum Gasteiger partial charge on any atom is -0.393 e. The summed E-state index contributed by atoms with van der Waals surface area (Å²) in [6.07, 6.45) is 18.3. The molecule has 0 aromatic rings. The van der Waals surface area contributed by atoms with Crippen molar-refractivity contribution in [2.24, 2.45) is 80.8 Å². The molecule has 248 valence electrons. The lowest BCUT2D eigenvalue weighted by molar-refractivity contribution is -0.149. The van der Waals surface area contributed by atoms with Crippen molar-refractivity contribution in [3.05, 3.63) is 0 Å². The minimum atomic E-state index is -0.0733. The Hall–Kier alpha value is -0.740. The Labute approximate surface area is 268 Å². The molecule has 0 aliphatic heterocycles. The van der Waals surface area contributed by atoms with Gasteiger partial charge in [0.2, 0.25) is 0 Å². The Bertz CT molecular complexity index is 1060. The van der Waals surface area contributed by atoms with Gasteiger partial charge in [0.05, 0.1) is 12.2 Å². The average molecular weight is 609 g/mol. The van der Waals surface area contributed by atoms with Crippen LogP contribution in [0.2, 0.25) is 0 Å². The maximum atomic E-state index is 12.2. The molecule has 0 bridgehead atoms. The molecular weight excluding hydrogens is 544 g/mol. The molecule has 8 aliphatic rings. The summed E-state index contributed by atoms with van der Waals surface area (Å²) in [5.41, 5.74) is 1.12. The van der Waals surface area contributed by atoms with Crippen LogP contribution in [0.15, 0.2) is 0 Å². The smallest absolute Gasteiger partial charge is 0.136 e. The van der Waals surface area contributed by atoms with Gasteiger partial charge in [-0.1, -0.05) is 41.5 Å². The highest BCUT2D eigenvalue weighted by molar-refractivity contribution is 5.82.